The van der Waals surface area contributed by atoms with Gasteiger partial charge in [-0.1, -0.05) is 0 Å². The summed E-state index contributed by atoms with van der Waals surface area (Å²) in [6.45, 7) is -2.19. The summed E-state index contributed by atoms with van der Waals surface area (Å²) in [7, 11) is 0. The van der Waals surface area contributed by atoms with Crippen LogP contribution in [0.15, 0.2) is 11.7 Å². The molecule has 0 heterocycles. The van der Waals surface area contributed by atoms with E-state index < -0.39 is 48.6 Å². The molecule has 0 aliphatic carbocycles. The second kappa shape index (κ2) is 6.07. The molecule has 0 radical (unpaired) electrons. The molecule has 124 valence electrons. The molecule has 0 aliphatic rings. The molecule has 3 nitrogen and oxygen atoms in total. The molecule has 0 bridgehead atoms. The van der Waals surface area contributed by atoms with Gasteiger partial charge in [-0.3, -0.25) is 0 Å². The van der Waals surface area contributed by atoms with Crippen LogP contribution in [0.5, 0.6) is 0 Å². The van der Waals surface area contributed by atoms with Gasteiger partial charge >= 0.3 is 23.9 Å². The molecule has 13 heteroatoms. The Labute approximate surface area is 108 Å². The van der Waals surface area contributed by atoms with Crippen LogP contribution in [0.4, 0.5) is 43.9 Å². The lowest BCUT2D eigenvalue weighted by Gasteiger charge is -2.30. The van der Waals surface area contributed by atoms with Crippen molar-refractivity contribution in [1.82, 2.24) is 0 Å². The average molecular weight is 338 g/mol. The Morgan fingerprint density at radius 3 is 1.81 bits per heavy atom. The topological polar surface area (TPSA) is 46.5 Å². The van der Waals surface area contributed by atoms with Crippen LogP contribution in [0, 0.1) is 0 Å². The lowest BCUT2D eigenvalue weighted by atomic mass is 10.1. The first-order valence-corrected chi connectivity index (χ1v) is 4.51. The lowest BCUT2D eigenvalue weighted by molar-refractivity contribution is -0.391. The third-order valence-corrected chi connectivity index (χ3v) is 1.81. The largest absolute Gasteiger partial charge is 0.480 e. The smallest absolute Gasteiger partial charge is 0.426 e. The summed E-state index contributed by atoms with van der Waals surface area (Å²) in [5, 5.41) is 7.88. The van der Waals surface area contributed by atoms with Crippen molar-refractivity contribution in [2.24, 2.45) is 0 Å². The molecule has 0 saturated carbocycles. The summed E-state index contributed by atoms with van der Waals surface area (Å²) in [4.78, 5) is 9.82. The Hall–Kier alpha value is -1.53. The fraction of sp³-hybridized carbons (Fsp3) is 0.625. The number of hydrogen-bond donors (Lipinski definition) is 1. The van der Waals surface area contributed by atoms with Gasteiger partial charge in [-0.25, -0.2) is 22.4 Å². The first-order chi connectivity index (χ1) is 9.18. The summed E-state index contributed by atoms with van der Waals surface area (Å²) in [6.07, 6.45) is -10.9. The predicted molar refractivity (Wildman–Crippen MR) is 43.7 cm³/mol. The number of carboxylic acids is 1. The van der Waals surface area contributed by atoms with Crippen LogP contribution in [-0.4, -0.2) is 42.1 Å². The molecule has 0 aromatic carbocycles. The van der Waals surface area contributed by atoms with Gasteiger partial charge in [-0.15, -0.1) is 0 Å². The predicted octanol–water partition coefficient (Wildman–Crippen LogP) is 3.37. The van der Waals surface area contributed by atoms with Gasteiger partial charge in [-0.2, -0.15) is 26.3 Å². The molecular formula is C8H4F10O3. The van der Waals surface area contributed by atoms with Crippen LogP contribution < -0.4 is 0 Å². The molecule has 0 aromatic heterocycles. The number of rotatable bonds is 7. The molecule has 0 aromatic rings. The SMILES string of the molecule is O=C(O)COC(F)(F)C(F)(F)C(F)(F)C(F)=C(F)C(F)F. The standard InChI is InChI=1S/C8H4F10O3/c9-3(5(11)12)4(10)6(13,14)7(15,16)8(17,18)21-1-2(19)20/h5H,1H2,(H,19,20). The molecule has 0 spiro atoms. The van der Waals surface area contributed by atoms with E-state index in [-0.39, 0.29) is 0 Å². The number of ether oxygens (including phenoxy) is 1. The number of allylic oxidation sites excluding steroid dienone is 2. The second-order valence-electron chi connectivity index (χ2n) is 3.31. The summed E-state index contributed by atoms with van der Waals surface area (Å²) >= 11 is 0. The zero-order valence-electron chi connectivity index (χ0n) is 9.33. The van der Waals surface area contributed by atoms with E-state index in [1.807, 2.05) is 0 Å². The first kappa shape index (κ1) is 19.5. The van der Waals surface area contributed by atoms with Gasteiger partial charge in [0, 0.05) is 0 Å². The number of halogens is 10. The van der Waals surface area contributed by atoms with Gasteiger partial charge in [0.05, 0.1) is 0 Å². The Bertz CT molecular complexity index is 430. The number of carbonyl (C=O) groups is 1. The summed E-state index contributed by atoms with van der Waals surface area (Å²) < 4.78 is 127. The van der Waals surface area contributed by atoms with Crippen molar-refractivity contribution < 1.29 is 58.5 Å². The van der Waals surface area contributed by atoms with Crippen LogP contribution in [0.2, 0.25) is 0 Å². The Morgan fingerprint density at radius 1 is 1.05 bits per heavy atom. The highest BCUT2D eigenvalue weighted by atomic mass is 19.4. The summed E-state index contributed by atoms with van der Waals surface area (Å²) in [6, 6.07) is 0. The molecule has 21 heavy (non-hydrogen) atoms. The van der Waals surface area contributed by atoms with E-state index in [1.54, 1.807) is 0 Å². The van der Waals surface area contributed by atoms with Crippen LogP contribution >= 0.6 is 0 Å². The highest BCUT2D eigenvalue weighted by Gasteiger charge is 2.75. The monoisotopic (exact) mass is 338 g/mol. The molecule has 0 aliphatic heterocycles. The van der Waals surface area contributed by atoms with Gasteiger partial charge in [0.2, 0.25) is 11.7 Å². The van der Waals surface area contributed by atoms with Crippen LogP contribution in [0.3, 0.4) is 0 Å². The van der Waals surface area contributed by atoms with Crippen molar-refractivity contribution in [2.45, 2.75) is 24.4 Å². The van der Waals surface area contributed by atoms with Crippen molar-refractivity contribution in [3.05, 3.63) is 11.7 Å². The van der Waals surface area contributed by atoms with Crippen LogP contribution in [-0.2, 0) is 9.53 Å². The normalized spacial score (nSPS) is 15.2. The average Bonchev–Trinajstić information content (AvgIpc) is 2.33. The number of carboxylic acid groups (broad SMARTS) is 1. The molecular weight excluding hydrogens is 334 g/mol. The zero-order valence-corrected chi connectivity index (χ0v) is 9.33. The molecule has 0 unspecified atom stereocenters. The Balaban J connectivity index is 5.65. The summed E-state index contributed by atoms with van der Waals surface area (Å²) in [5.74, 6) is -23.6. The van der Waals surface area contributed by atoms with Gasteiger partial charge in [0.1, 0.15) is 0 Å². The molecule has 0 saturated heterocycles. The van der Waals surface area contributed by atoms with E-state index in [9.17, 15) is 48.7 Å². The fourth-order valence-electron chi connectivity index (χ4n) is 0.809. The minimum absolute atomic E-state index is 2.19. The van der Waals surface area contributed by atoms with E-state index in [4.69, 9.17) is 5.11 Å². The van der Waals surface area contributed by atoms with Crippen molar-refractivity contribution >= 4 is 5.97 Å². The third kappa shape index (κ3) is 3.77. The molecule has 0 amide bonds. The molecule has 1 N–H and O–H groups in total. The maximum atomic E-state index is 12.8. The van der Waals surface area contributed by atoms with Crippen LogP contribution in [0.25, 0.3) is 0 Å². The second-order valence-corrected chi connectivity index (χ2v) is 3.31. The van der Waals surface area contributed by atoms with Gasteiger partial charge in [0.25, 0.3) is 6.43 Å². The van der Waals surface area contributed by atoms with E-state index in [0.29, 0.717) is 0 Å². The molecule has 0 atom stereocenters. The maximum Gasteiger partial charge on any atom is 0.426 e. The minimum atomic E-state index is -6.84. The Kier molecular flexibility index (Phi) is 5.63. The summed E-state index contributed by atoms with van der Waals surface area (Å²) in [5.41, 5.74) is 0. The van der Waals surface area contributed by atoms with Crippen molar-refractivity contribution in [2.75, 3.05) is 6.61 Å². The van der Waals surface area contributed by atoms with E-state index >= 15 is 0 Å². The van der Waals surface area contributed by atoms with Gasteiger partial charge in [-0.05, 0) is 0 Å². The number of hydrogen-bond acceptors (Lipinski definition) is 2. The van der Waals surface area contributed by atoms with Gasteiger partial charge < -0.3 is 9.84 Å². The molecule has 0 fully saturated rings. The fourth-order valence-corrected chi connectivity index (χ4v) is 0.809. The zero-order chi connectivity index (χ0) is 17.2. The molecule has 0 rings (SSSR count). The number of alkyl halides is 8. The first-order valence-electron chi connectivity index (χ1n) is 4.51. The van der Waals surface area contributed by atoms with E-state index in [1.165, 1.54) is 0 Å². The number of aliphatic carboxylic acids is 1. The highest BCUT2D eigenvalue weighted by molar-refractivity contribution is 5.68. The van der Waals surface area contributed by atoms with Crippen molar-refractivity contribution in [3.8, 4) is 0 Å². The lowest BCUT2D eigenvalue weighted by Crippen LogP contribution is -2.56. The maximum absolute atomic E-state index is 12.8. The quantitative estimate of drug-likeness (QED) is 0.724. The van der Waals surface area contributed by atoms with Crippen molar-refractivity contribution in [3.63, 3.8) is 0 Å². The van der Waals surface area contributed by atoms with E-state index in [0.717, 1.165) is 0 Å². The minimum Gasteiger partial charge on any atom is -0.480 e. The van der Waals surface area contributed by atoms with Crippen molar-refractivity contribution in [1.29, 1.82) is 0 Å². The highest BCUT2D eigenvalue weighted by Crippen LogP contribution is 2.51. The van der Waals surface area contributed by atoms with E-state index in [2.05, 4.69) is 4.74 Å². The van der Waals surface area contributed by atoms with Gasteiger partial charge in [0.15, 0.2) is 6.61 Å². The third-order valence-electron chi connectivity index (χ3n) is 1.81. The van der Waals surface area contributed by atoms with Crippen LogP contribution in [0.1, 0.15) is 0 Å². The Morgan fingerprint density at radius 2 is 1.48 bits per heavy atom.